The number of aliphatic hydroxyl groups excluding tert-OH is 12. The summed E-state index contributed by atoms with van der Waals surface area (Å²) in [5.74, 6) is 9.12. The molecule has 0 spiro atoms. The van der Waals surface area contributed by atoms with E-state index in [-0.39, 0.29) is 139 Å². The van der Waals surface area contributed by atoms with E-state index < -0.39 is 48.8 Å². The number of amides is 4. The number of carbonyl (C=O) groups excluding carboxylic acids is 4. The first-order valence-corrected chi connectivity index (χ1v) is 53.3. The van der Waals surface area contributed by atoms with Crippen LogP contribution in [0.25, 0.3) is 0 Å². The maximum absolute atomic E-state index is 12.2. The standard InChI is InChI=1S/3C27H47NO4.C26H45NO4/c3*1-5-14-28-22(30)9-6-16(2)18-7-8-19-23-20(11-13-26(18,19)3)27(4)12-10-17(29)15-21(27)24(31)25(23)32;1-5-27-21(29)9-6-15(2)17-7-8-18-22-19(11-13-25(17,18)3)26(4)12-10-16(28)14-20(26)23(30)24(22)31/h3*16-21,23-25,29,31-32H,5-15H2,1-4H3,(H,28,30);15-20,22-24,28,30-31H,5-14H2,1-4H3,(H,27,29)/t3*16?,17-,18?,19?,20?,21+,23?,24+,25-,26-,27-;15?,16-,17?,18?,19?,20+,22?,23+,24-,25-,26-/m1111/s1. The van der Waals surface area contributed by atoms with Gasteiger partial charge in [0, 0.05) is 51.9 Å². The average Bonchev–Trinajstić information content (AvgIpc) is 1.69. The molecule has 16 N–H and O–H groups in total. The van der Waals surface area contributed by atoms with E-state index in [0.717, 1.165) is 167 Å². The molecule has 127 heavy (non-hydrogen) atoms. The molecule has 20 unspecified atom stereocenters. The Morgan fingerprint density at radius 3 is 0.638 bits per heavy atom. The first-order valence-electron chi connectivity index (χ1n) is 53.3. The zero-order valence-corrected chi connectivity index (χ0v) is 82.2. The molecule has 16 aliphatic carbocycles. The predicted octanol–water partition coefficient (Wildman–Crippen LogP) is 15.2. The first-order chi connectivity index (χ1) is 60.0. The van der Waals surface area contributed by atoms with Crippen LogP contribution in [0.3, 0.4) is 0 Å². The van der Waals surface area contributed by atoms with Gasteiger partial charge in [0.2, 0.25) is 23.6 Å². The minimum atomic E-state index is -0.725. The Kier molecular flexibility index (Phi) is 32.9. The molecule has 16 rings (SSSR count). The summed E-state index contributed by atoms with van der Waals surface area (Å²) < 4.78 is 0. The zero-order valence-electron chi connectivity index (χ0n) is 82.2. The molecule has 20 nitrogen and oxygen atoms in total. The van der Waals surface area contributed by atoms with Gasteiger partial charge in [-0.2, -0.15) is 0 Å². The minimum absolute atomic E-state index is 0.00427. The van der Waals surface area contributed by atoms with Gasteiger partial charge in [-0.3, -0.25) is 19.2 Å². The van der Waals surface area contributed by atoms with Crippen molar-refractivity contribution in [2.45, 2.75) is 434 Å². The molecule has 44 atom stereocenters. The molecule has 16 fully saturated rings. The van der Waals surface area contributed by atoms with Gasteiger partial charge in [-0.15, -0.1) is 0 Å². The molecular weight excluding hydrogens is 1600 g/mol. The average molecular weight is 1780 g/mol. The second-order valence-electron chi connectivity index (χ2n) is 49.2. The van der Waals surface area contributed by atoms with Crippen LogP contribution in [0.1, 0.15) is 361 Å². The number of aliphatic hydroxyl groups is 12. The molecule has 0 aliphatic heterocycles. The second kappa shape index (κ2) is 41.0. The van der Waals surface area contributed by atoms with Crippen LogP contribution in [0.15, 0.2) is 0 Å². The van der Waals surface area contributed by atoms with Crippen molar-refractivity contribution in [1.29, 1.82) is 0 Å². The van der Waals surface area contributed by atoms with Crippen LogP contribution in [0, 0.1) is 185 Å². The van der Waals surface area contributed by atoms with E-state index in [2.05, 4.69) is 125 Å². The molecule has 4 amide bonds. The van der Waals surface area contributed by atoms with Crippen molar-refractivity contribution in [3.63, 3.8) is 0 Å². The summed E-state index contributed by atoms with van der Waals surface area (Å²) in [4.78, 5) is 48.5. The van der Waals surface area contributed by atoms with Crippen LogP contribution >= 0.6 is 0 Å². The maximum Gasteiger partial charge on any atom is 0.220 e. The molecule has 730 valence electrons. The van der Waals surface area contributed by atoms with Crippen LogP contribution in [-0.4, -0.2) is 184 Å². The van der Waals surface area contributed by atoms with Gasteiger partial charge in [-0.05, 0) is 417 Å². The third-order valence-corrected chi connectivity index (χ3v) is 43.3. The quantitative estimate of drug-likeness (QED) is 0.0452. The normalized spacial score (nSPS) is 49.3. The van der Waals surface area contributed by atoms with Gasteiger partial charge in [0.15, 0.2) is 0 Å². The highest BCUT2D eigenvalue weighted by Gasteiger charge is 2.71. The lowest BCUT2D eigenvalue weighted by atomic mass is 9.43. The molecule has 0 heterocycles. The summed E-state index contributed by atoms with van der Waals surface area (Å²) in [6, 6.07) is 0. The van der Waals surface area contributed by atoms with Gasteiger partial charge < -0.3 is 82.5 Å². The zero-order chi connectivity index (χ0) is 92.3. The van der Waals surface area contributed by atoms with Crippen molar-refractivity contribution in [1.82, 2.24) is 21.3 Å². The lowest BCUT2D eigenvalue weighted by Gasteiger charge is -2.63. The van der Waals surface area contributed by atoms with Gasteiger partial charge in [0.25, 0.3) is 0 Å². The third-order valence-electron chi connectivity index (χ3n) is 43.3. The molecule has 0 radical (unpaired) electrons. The van der Waals surface area contributed by atoms with Crippen LogP contribution in [-0.2, 0) is 19.2 Å². The van der Waals surface area contributed by atoms with Crippen LogP contribution < -0.4 is 21.3 Å². The number of carbonyl (C=O) groups is 4. The summed E-state index contributed by atoms with van der Waals surface area (Å²) in [6.07, 6.45) is 30.1. The van der Waals surface area contributed by atoms with Crippen LogP contribution in [0.5, 0.6) is 0 Å². The molecule has 0 aromatic carbocycles. The Labute approximate surface area is 767 Å². The van der Waals surface area contributed by atoms with E-state index in [1.165, 1.54) is 51.4 Å². The number of nitrogens with one attached hydrogen (secondary N) is 4. The van der Waals surface area contributed by atoms with E-state index in [9.17, 15) is 80.5 Å². The fourth-order valence-corrected chi connectivity index (χ4v) is 36.4. The smallest absolute Gasteiger partial charge is 0.220 e. The van der Waals surface area contributed by atoms with Gasteiger partial charge in [0.05, 0.1) is 73.2 Å². The molecule has 0 saturated heterocycles. The Bertz CT molecular complexity index is 3360. The Balaban J connectivity index is 0.000000145. The van der Waals surface area contributed by atoms with E-state index in [0.29, 0.717) is 153 Å². The summed E-state index contributed by atoms with van der Waals surface area (Å²) in [6.45, 7) is 39.6. The molecule has 0 aromatic rings. The summed E-state index contributed by atoms with van der Waals surface area (Å²) >= 11 is 0. The molecule has 0 aromatic heterocycles. The minimum Gasteiger partial charge on any atom is -0.393 e. The highest BCUT2D eigenvalue weighted by atomic mass is 16.3. The van der Waals surface area contributed by atoms with Crippen molar-refractivity contribution in [2.24, 2.45) is 185 Å². The molecule has 0 bridgehead atoms. The molecule has 16 aliphatic rings. The third kappa shape index (κ3) is 19.1. The fraction of sp³-hybridized carbons (Fsp3) is 0.963. The van der Waals surface area contributed by atoms with Crippen molar-refractivity contribution in [2.75, 3.05) is 26.2 Å². The van der Waals surface area contributed by atoms with Crippen molar-refractivity contribution < 1.29 is 80.5 Å². The molecule has 20 heteroatoms. The van der Waals surface area contributed by atoms with Crippen molar-refractivity contribution in [3.8, 4) is 0 Å². The lowest BCUT2D eigenvalue weighted by molar-refractivity contribution is -0.223. The summed E-state index contributed by atoms with van der Waals surface area (Å²) in [7, 11) is 0. The summed E-state index contributed by atoms with van der Waals surface area (Å²) in [5, 5.41) is 143. The molecular formula is C107H186N4O16. The predicted molar refractivity (Wildman–Crippen MR) is 498 cm³/mol. The van der Waals surface area contributed by atoms with Crippen LogP contribution in [0.2, 0.25) is 0 Å². The SMILES string of the molecule is CCCNC(=O)CCC(C)C1CCC2C3C(CC[C@]12C)[C@@]1(C)CC[C@@H](O)C[C@H]1[C@H](O)[C@@H]3O.CCCNC(=O)CCC(C)C1CCC2C3C(CC[C@]12C)[C@@]1(C)CC[C@@H](O)C[C@H]1[C@H](O)[C@@H]3O.CCCNC(=O)CCC(C)C1CCC2C3C(CC[C@]12C)[C@@]1(C)CC[C@@H](O)C[C@H]1[C@H](O)[C@@H]3O.CCNC(=O)CCC(C)C1CCC2C3C(CC[C@]12C)[C@@]1(C)CC[C@@H](O)C[C@H]1[C@H](O)[C@@H]3O. The monoisotopic (exact) mass is 1780 g/mol. The van der Waals surface area contributed by atoms with Gasteiger partial charge in [-0.1, -0.05) is 104 Å². The fourth-order valence-electron chi connectivity index (χ4n) is 36.4. The number of hydrogen-bond donors (Lipinski definition) is 16. The maximum atomic E-state index is 12.2. The molecule has 16 saturated carbocycles. The van der Waals surface area contributed by atoms with Gasteiger partial charge >= 0.3 is 0 Å². The van der Waals surface area contributed by atoms with Gasteiger partial charge in [-0.25, -0.2) is 0 Å². The number of hydrogen-bond acceptors (Lipinski definition) is 16. The highest BCUT2D eigenvalue weighted by molar-refractivity contribution is 5.77. The van der Waals surface area contributed by atoms with E-state index in [4.69, 9.17) is 0 Å². The largest absolute Gasteiger partial charge is 0.393 e. The first kappa shape index (κ1) is 102. The Morgan fingerprint density at radius 1 is 0.252 bits per heavy atom. The second-order valence-corrected chi connectivity index (χ2v) is 49.2. The van der Waals surface area contributed by atoms with Gasteiger partial charge in [0.1, 0.15) is 0 Å². The lowest BCUT2D eigenvalue weighted by Crippen LogP contribution is -2.64. The number of rotatable bonds is 23. The Hall–Kier alpha value is -2.60. The highest BCUT2D eigenvalue weighted by Crippen LogP contribution is 2.74. The topological polar surface area (TPSA) is 359 Å². The van der Waals surface area contributed by atoms with Crippen molar-refractivity contribution >= 4 is 23.6 Å². The van der Waals surface area contributed by atoms with Crippen LogP contribution in [0.4, 0.5) is 0 Å². The summed E-state index contributed by atoms with van der Waals surface area (Å²) in [5.41, 5.74) is 0.794. The van der Waals surface area contributed by atoms with E-state index in [1.807, 2.05) is 6.92 Å². The van der Waals surface area contributed by atoms with E-state index >= 15 is 0 Å². The van der Waals surface area contributed by atoms with E-state index in [1.54, 1.807) is 0 Å². The Morgan fingerprint density at radius 2 is 0.441 bits per heavy atom. The number of fused-ring (bicyclic) bond motifs is 20. The van der Waals surface area contributed by atoms with Crippen molar-refractivity contribution in [3.05, 3.63) is 0 Å².